The Kier molecular flexibility index (Phi) is 5.77. The quantitative estimate of drug-likeness (QED) is 0.214. The van der Waals surface area contributed by atoms with E-state index in [0.717, 1.165) is 11.0 Å². The van der Waals surface area contributed by atoms with E-state index in [9.17, 15) is 13.6 Å². The van der Waals surface area contributed by atoms with Gasteiger partial charge in [0.2, 0.25) is 0 Å². The van der Waals surface area contributed by atoms with Gasteiger partial charge in [-0.05, 0) is 42.8 Å². The van der Waals surface area contributed by atoms with Gasteiger partial charge in [0.05, 0.1) is 29.4 Å². The van der Waals surface area contributed by atoms with E-state index in [2.05, 4.69) is 16.4 Å². The summed E-state index contributed by atoms with van der Waals surface area (Å²) in [4.78, 5) is 13.2. The molecule has 6 nitrogen and oxygen atoms in total. The molecule has 0 saturated heterocycles. The first-order chi connectivity index (χ1) is 15.4. The number of halogens is 2. The Morgan fingerprint density at radius 3 is 2.62 bits per heavy atom. The lowest BCUT2D eigenvalue weighted by Crippen LogP contribution is -2.04. The number of ketones is 1. The second kappa shape index (κ2) is 8.66. The van der Waals surface area contributed by atoms with Gasteiger partial charge in [0, 0.05) is 6.54 Å². The normalized spacial score (nSPS) is 11.7. The molecular weight excluding hydrogens is 416 g/mol. The van der Waals surface area contributed by atoms with Crippen molar-refractivity contribution >= 4 is 28.5 Å². The number of alkyl halides is 2. The first-order valence-corrected chi connectivity index (χ1v) is 9.87. The van der Waals surface area contributed by atoms with Crippen molar-refractivity contribution in [3.8, 4) is 11.5 Å². The van der Waals surface area contributed by atoms with Crippen LogP contribution in [-0.2, 0) is 6.54 Å². The number of rotatable bonds is 8. The molecule has 8 heteroatoms. The second-order valence-electron chi connectivity index (χ2n) is 7.07. The molecule has 0 aliphatic rings. The van der Waals surface area contributed by atoms with Crippen LogP contribution in [0.1, 0.15) is 21.6 Å². The van der Waals surface area contributed by atoms with Crippen LogP contribution in [0, 0.1) is 6.92 Å². The Morgan fingerprint density at radius 2 is 1.94 bits per heavy atom. The van der Waals surface area contributed by atoms with E-state index in [-0.39, 0.29) is 17.3 Å². The molecule has 0 atom stereocenters. The number of aryl methyl sites for hydroxylation is 1. The number of hydrogen-bond acceptors (Lipinski definition) is 4. The SMILES string of the molecule is C=CCn1c2ccccc2n2nc(C)c(C(=O)/C=C/c3ccc(OC)c(OC(F)F)c3)c12. The molecule has 0 N–H and O–H groups in total. The molecule has 2 aromatic carbocycles. The fraction of sp³-hybridized carbons (Fsp3) is 0.167. The minimum atomic E-state index is -2.99. The van der Waals surface area contributed by atoms with Crippen LogP contribution in [-0.4, -0.2) is 33.7 Å². The minimum Gasteiger partial charge on any atom is -0.493 e. The first kappa shape index (κ1) is 21.3. The highest BCUT2D eigenvalue weighted by molar-refractivity contribution is 6.12. The van der Waals surface area contributed by atoms with E-state index in [1.165, 1.54) is 25.3 Å². The average Bonchev–Trinajstić information content (AvgIpc) is 3.26. The maximum Gasteiger partial charge on any atom is 0.387 e. The predicted octanol–water partition coefficient (Wildman–Crippen LogP) is 5.29. The molecule has 0 bridgehead atoms. The standard InChI is InChI=1S/C24H21F2N3O3/c1-4-13-28-17-7-5-6-8-18(17)29-23(28)22(15(2)27-29)19(30)11-9-16-10-12-20(31-3)21(14-16)32-24(25)26/h4-12,14,24H,1,13H2,2-3H3/b11-9+. The first-order valence-electron chi connectivity index (χ1n) is 9.87. The molecule has 4 aromatic rings. The van der Waals surface area contributed by atoms with Gasteiger partial charge in [-0.25, -0.2) is 4.52 Å². The zero-order valence-corrected chi connectivity index (χ0v) is 17.6. The Labute approximate surface area is 183 Å². The van der Waals surface area contributed by atoms with Crippen LogP contribution >= 0.6 is 0 Å². The molecule has 164 valence electrons. The summed E-state index contributed by atoms with van der Waals surface area (Å²) in [7, 11) is 1.36. The van der Waals surface area contributed by atoms with Crippen molar-refractivity contribution < 1.29 is 23.0 Å². The fourth-order valence-corrected chi connectivity index (χ4v) is 3.76. The highest BCUT2D eigenvalue weighted by Gasteiger charge is 2.22. The molecular formula is C24H21F2N3O3. The molecule has 0 fully saturated rings. The largest absolute Gasteiger partial charge is 0.493 e. The van der Waals surface area contributed by atoms with Crippen molar-refractivity contribution in [3.63, 3.8) is 0 Å². The van der Waals surface area contributed by atoms with Gasteiger partial charge in [-0.3, -0.25) is 4.79 Å². The Hall–Kier alpha value is -3.94. The number of ether oxygens (including phenoxy) is 2. The third-order valence-corrected chi connectivity index (χ3v) is 5.08. The second-order valence-corrected chi connectivity index (χ2v) is 7.07. The number of methoxy groups -OCH3 is 1. The van der Waals surface area contributed by atoms with Crippen LogP contribution in [0.2, 0.25) is 0 Å². The maximum absolute atomic E-state index is 13.2. The summed E-state index contributed by atoms with van der Waals surface area (Å²) in [5.41, 5.74) is 4.08. The fourth-order valence-electron chi connectivity index (χ4n) is 3.76. The topological polar surface area (TPSA) is 57.8 Å². The molecule has 0 aliphatic heterocycles. The summed E-state index contributed by atoms with van der Waals surface area (Å²) in [5, 5.41) is 4.58. The lowest BCUT2D eigenvalue weighted by molar-refractivity contribution is -0.0512. The predicted molar refractivity (Wildman–Crippen MR) is 119 cm³/mol. The van der Waals surface area contributed by atoms with Gasteiger partial charge >= 0.3 is 6.61 Å². The summed E-state index contributed by atoms with van der Waals surface area (Å²) >= 11 is 0. The monoisotopic (exact) mass is 437 g/mol. The number of nitrogens with zero attached hydrogens (tertiary/aromatic N) is 3. The van der Waals surface area contributed by atoms with Crippen LogP contribution in [0.5, 0.6) is 11.5 Å². The number of carbonyl (C=O) groups is 1. The van der Waals surface area contributed by atoms with E-state index in [0.29, 0.717) is 29.0 Å². The van der Waals surface area contributed by atoms with E-state index in [1.807, 2.05) is 28.8 Å². The van der Waals surface area contributed by atoms with Crippen molar-refractivity contribution in [2.45, 2.75) is 20.1 Å². The van der Waals surface area contributed by atoms with Gasteiger partial charge in [-0.1, -0.05) is 30.4 Å². The molecule has 2 heterocycles. The van der Waals surface area contributed by atoms with Gasteiger partial charge in [0.1, 0.15) is 5.65 Å². The van der Waals surface area contributed by atoms with E-state index >= 15 is 0 Å². The highest BCUT2D eigenvalue weighted by atomic mass is 19.3. The Morgan fingerprint density at radius 1 is 1.19 bits per heavy atom. The Balaban J connectivity index is 1.76. The van der Waals surface area contributed by atoms with Gasteiger partial charge in [-0.2, -0.15) is 13.9 Å². The Bertz CT molecular complexity index is 1350. The summed E-state index contributed by atoms with van der Waals surface area (Å²) in [6.07, 6.45) is 4.71. The van der Waals surface area contributed by atoms with Crippen LogP contribution in [0.4, 0.5) is 8.78 Å². The summed E-state index contributed by atoms with van der Waals surface area (Å²) in [6.45, 7) is 3.13. The lowest BCUT2D eigenvalue weighted by atomic mass is 10.1. The molecule has 0 unspecified atom stereocenters. The zero-order chi connectivity index (χ0) is 22.8. The third-order valence-electron chi connectivity index (χ3n) is 5.08. The smallest absolute Gasteiger partial charge is 0.387 e. The van der Waals surface area contributed by atoms with Crippen molar-refractivity contribution in [2.24, 2.45) is 0 Å². The maximum atomic E-state index is 13.2. The molecule has 0 saturated carbocycles. The lowest BCUT2D eigenvalue weighted by Gasteiger charge is -2.10. The minimum absolute atomic E-state index is 0.104. The number of fused-ring (bicyclic) bond motifs is 3. The van der Waals surface area contributed by atoms with Crippen molar-refractivity contribution in [2.75, 3.05) is 7.11 Å². The molecule has 4 rings (SSSR count). The van der Waals surface area contributed by atoms with Crippen molar-refractivity contribution in [1.82, 2.24) is 14.2 Å². The number of para-hydroxylation sites is 2. The molecule has 0 amide bonds. The van der Waals surface area contributed by atoms with Crippen LogP contribution in [0.25, 0.3) is 22.8 Å². The van der Waals surface area contributed by atoms with Crippen molar-refractivity contribution in [1.29, 1.82) is 0 Å². The van der Waals surface area contributed by atoms with Crippen LogP contribution in [0.3, 0.4) is 0 Å². The van der Waals surface area contributed by atoms with E-state index < -0.39 is 6.61 Å². The number of allylic oxidation sites excluding steroid dienone is 2. The number of carbonyl (C=O) groups excluding carboxylic acids is 1. The molecule has 2 aromatic heterocycles. The van der Waals surface area contributed by atoms with Crippen molar-refractivity contribution in [3.05, 3.63) is 78.0 Å². The van der Waals surface area contributed by atoms with Gasteiger partial charge < -0.3 is 14.0 Å². The number of aromatic nitrogens is 3. The molecule has 32 heavy (non-hydrogen) atoms. The van der Waals surface area contributed by atoms with Gasteiger partial charge in [0.15, 0.2) is 17.3 Å². The number of imidazole rings is 1. The van der Waals surface area contributed by atoms with E-state index in [4.69, 9.17) is 4.74 Å². The average molecular weight is 437 g/mol. The molecule has 0 radical (unpaired) electrons. The summed E-state index contributed by atoms with van der Waals surface area (Å²) < 4.78 is 38.7. The molecule has 0 aliphatic carbocycles. The summed E-state index contributed by atoms with van der Waals surface area (Å²) in [6, 6.07) is 12.3. The van der Waals surface area contributed by atoms with Gasteiger partial charge in [0.25, 0.3) is 0 Å². The highest BCUT2D eigenvalue weighted by Crippen LogP contribution is 2.30. The number of benzene rings is 2. The summed E-state index contributed by atoms with van der Waals surface area (Å²) in [5.74, 6) is -0.179. The number of hydrogen-bond donors (Lipinski definition) is 0. The van der Waals surface area contributed by atoms with Crippen LogP contribution < -0.4 is 9.47 Å². The van der Waals surface area contributed by atoms with Gasteiger partial charge in [-0.15, -0.1) is 6.58 Å². The van der Waals surface area contributed by atoms with Crippen LogP contribution in [0.15, 0.2) is 61.2 Å². The molecule has 0 spiro atoms. The van der Waals surface area contributed by atoms with E-state index in [1.54, 1.807) is 29.7 Å². The zero-order valence-electron chi connectivity index (χ0n) is 17.6. The third kappa shape index (κ3) is 3.75.